The van der Waals surface area contributed by atoms with Gasteiger partial charge in [0.2, 0.25) is 5.75 Å². The van der Waals surface area contributed by atoms with Gasteiger partial charge in [0.05, 0.1) is 13.7 Å². The molecular weight excluding hydrogens is 220 g/mol. The molecule has 0 atom stereocenters. The fourth-order valence-electron chi connectivity index (χ4n) is 1.49. The monoisotopic (exact) mass is 238 g/mol. The SMILES string of the molecule is COc1c(N)ncnc1NCCOCC1CC1. The second-order valence-corrected chi connectivity index (χ2v) is 4.09. The van der Waals surface area contributed by atoms with Gasteiger partial charge in [-0.05, 0) is 18.8 Å². The van der Waals surface area contributed by atoms with Gasteiger partial charge in [0.15, 0.2) is 11.6 Å². The van der Waals surface area contributed by atoms with Crippen molar-refractivity contribution in [3.63, 3.8) is 0 Å². The summed E-state index contributed by atoms with van der Waals surface area (Å²) < 4.78 is 10.6. The summed E-state index contributed by atoms with van der Waals surface area (Å²) in [5.74, 6) is 2.22. The van der Waals surface area contributed by atoms with E-state index in [-0.39, 0.29) is 0 Å². The van der Waals surface area contributed by atoms with Crippen LogP contribution >= 0.6 is 0 Å². The van der Waals surface area contributed by atoms with E-state index in [1.807, 2.05) is 0 Å². The van der Waals surface area contributed by atoms with E-state index < -0.39 is 0 Å². The second-order valence-electron chi connectivity index (χ2n) is 4.09. The van der Waals surface area contributed by atoms with Crippen LogP contribution in [0, 0.1) is 5.92 Å². The Hall–Kier alpha value is -1.56. The number of rotatable bonds is 7. The van der Waals surface area contributed by atoms with Gasteiger partial charge in [0.25, 0.3) is 0 Å². The number of nitrogen functional groups attached to an aromatic ring is 1. The van der Waals surface area contributed by atoms with Crippen LogP contribution in [0.5, 0.6) is 5.75 Å². The lowest BCUT2D eigenvalue weighted by molar-refractivity contribution is 0.134. The van der Waals surface area contributed by atoms with Gasteiger partial charge in [-0.15, -0.1) is 0 Å². The molecule has 6 nitrogen and oxygen atoms in total. The molecule has 0 aliphatic heterocycles. The fraction of sp³-hybridized carbons (Fsp3) is 0.636. The average molecular weight is 238 g/mol. The van der Waals surface area contributed by atoms with Crippen LogP contribution in [-0.2, 0) is 4.74 Å². The lowest BCUT2D eigenvalue weighted by Gasteiger charge is -2.10. The molecule has 1 aromatic rings. The van der Waals surface area contributed by atoms with Gasteiger partial charge in [0.1, 0.15) is 6.33 Å². The summed E-state index contributed by atoms with van der Waals surface area (Å²) in [5, 5.41) is 3.12. The van der Waals surface area contributed by atoms with Crippen molar-refractivity contribution in [1.82, 2.24) is 9.97 Å². The summed E-state index contributed by atoms with van der Waals surface area (Å²) in [6.07, 6.45) is 4.03. The van der Waals surface area contributed by atoms with Crippen LogP contribution in [0.1, 0.15) is 12.8 Å². The van der Waals surface area contributed by atoms with Crippen LogP contribution in [0.15, 0.2) is 6.33 Å². The number of nitrogens with one attached hydrogen (secondary N) is 1. The second kappa shape index (κ2) is 5.67. The predicted molar refractivity (Wildman–Crippen MR) is 65.0 cm³/mol. The van der Waals surface area contributed by atoms with Gasteiger partial charge >= 0.3 is 0 Å². The molecule has 1 aromatic heterocycles. The number of nitrogens with two attached hydrogens (primary N) is 1. The van der Waals surface area contributed by atoms with Crippen LogP contribution in [0.2, 0.25) is 0 Å². The highest BCUT2D eigenvalue weighted by molar-refractivity contribution is 5.61. The highest BCUT2D eigenvalue weighted by Crippen LogP contribution is 2.28. The molecule has 1 aliphatic rings. The molecule has 1 fully saturated rings. The average Bonchev–Trinajstić information content (AvgIpc) is 3.13. The van der Waals surface area contributed by atoms with Crippen molar-refractivity contribution >= 4 is 11.6 Å². The molecule has 17 heavy (non-hydrogen) atoms. The van der Waals surface area contributed by atoms with E-state index in [1.54, 1.807) is 7.11 Å². The molecule has 0 spiro atoms. The van der Waals surface area contributed by atoms with E-state index in [0.717, 1.165) is 12.5 Å². The van der Waals surface area contributed by atoms with E-state index in [0.29, 0.717) is 30.5 Å². The van der Waals surface area contributed by atoms with Crippen molar-refractivity contribution in [2.75, 3.05) is 37.9 Å². The molecular formula is C11H18N4O2. The number of hydrogen-bond acceptors (Lipinski definition) is 6. The summed E-state index contributed by atoms with van der Waals surface area (Å²) in [5.41, 5.74) is 5.66. The van der Waals surface area contributed by atoms with Crippen LogP contribution < -0.4 is 15.8 Å². The molecule has 0 bridgehead atoms. The lowest BCUT2D eigenvalue weighted by Crippen LogP contribution is -2.13. The standard InChI is InChI=1S/C11H18N4O2/c1-16-9-10(12)14-7-15-11(9)13-4-5-17-6-8-2-3-8/h7-8H,2-6H2,1H3,(H3,12,13,14,15). The maximum Gasteiger partial charge on any atom is 0.203 e. The molecule has 0 radical (unpaired) electrons. The molecule has 1 aliphatic carbocycles. The van der Waals surface area contributed by atoms with Crippen LogP contribution in [-0.4, -0.2) is 36.8 Å². The number of nitrogens with zero attached hydrogens (tertiary/aromatic N) is 2. The Morgan fingerprint density at radius 2 is 2.29 bits per heavy atom. The fourth-order valence-corrected chi connectivity index (χ4v) is 1.49. The van der Waals surface area contributed by atoms with E-state index in [4.69, 9.17) is 15.2 Å². The number of ether oxygens (including phenoxy) is 2. The third-order valence-electron chi connectivity index (χ3n) is 2.62. The molecule has 1 heterocycles. The summed E-state index contributed by atoms with van der Waals surface area (Å²) in [7, 11) is 1.55. The van der Waals surface area contributed by atoms with Gasteiger partial charge in [-0.1, -0.05) is 0 Å². The Kier molecular flexibility index (Phi) is 3.98. The number of hydrogen-bond donors (Lipinski definition) is 2. The summed E-state index contributed by atoms with van der Waals surface area (Å²) in [4.78, 5) is 7.93. The molecule has 0 amide bonds. The molecule has 2 rings (SSSR count). The molecule has 0 aromatic carbocycles. The van der Waals surface area contributed by atoms with E-state index in [1.165, 1.54) is 19.2 Å². The van der Waals surface area contributed by atoms with Crippen molar-refractivity contribution in [2.45, 2.75) is 12.8 Å². The van der Waals surface area contributed by atoms with E-state index in [2.05, 4.69) is 15.3 Å². The van der Waals surface area contributed by atoms with E-state index >= 15 is 0 Å². The highest BCUT2D eigenvalue weighted by atomic mass is 16.5. The maximum atomic E-state index is 5.66. The topological polar surface area (TPSA) is 82.3 Å². The zero-order valence-corrected chi connectivity index (χ0v) is 9.98. The Balaban J connectivity index is 1.75. The van der Waals surface area contributed by atoms with Gasteiger partial charge in [0, 0.05) is 13.2 Å². The molecule has 0 unspecified atom stereocenters. The summed E-state index contributed by atoms with van der Waals surface area (Å²) in [6, 6.07) is 0. The van der Waals surface area contributed by atoms with Crippen molar-refractivity contribution in [3.8, 4) is 5.75 Å². The Labute approximate surface area is 101 Å². The van der Waals surface area contributed by atoms with Gasteiger partial charge < -0.3 is 20.5 Å². The number of methoxy groups -OCH3 is 1. The quantitative estimate of drug-likeness (QED) is 0.687. The lowest BCUT2D eigenvalue weighted by atomic mass is 10.4. The minimum absolute atomic E-state index is 0.337. The smallest absolute Gasteiger partial charge is 0.203 e. The van der Waals surface area contributed by atoms with Crippen molar-refractivity contribution in [3.05, 3.63) is 6.33 Å². The third-order valence-corrected chi connectivity index (χ3v) is 2.62. The first-order valence-corrected chi connectivity index (χ1v) is 5.77. The van der Waals surface area contributed by atoms with E-state index in [9.17, 15) is 0 Å². The normalized spacial score (nSPS) is 14.6. The summed E-state index contributed by atoms with van der Waals surface area (Å²) >= 11 is 0. The molecule has 94 valence electrons. The zero-order valence-electron chi connectivity index (χ0n) is 9.98. The van der Waals surface area contributed by atoms with Crippen LogP contribution in [0.3, 0.4) is 0 Å². The van der Waals surface area contributed by atoms with Crippen LogP contribution in [0.25, 0.3) is 0 Å². The molecule has 0 saturated heterocycles. The summed E-state index contributed by atoms with van der Waals surface area (Å²) in [6.45, 7) is 2.20. The Bertz CT molecular complexity index is 368. The first-order chi connectivity index (χ1) is 8.31. The molecule has 1 saturated carbocycles. The number of anilines is 2. The third kappa shape index (κ3) is 3.45. The first-order valence-electron chi connectivity index (χ1n) is 5.77. The van der Waals surface area contributed by atoms with Gasteiger partial charge in [-0.25, -0.2) is 9.97 Å². The minimum Gasteiger partial charge on any atom is -0.490 e. The Morgan fingerprint density at radius 1 is 1.47 bits per heavy atom. The predicted octanol–water partition coefficient (Wildman–Crippen LogP) is 0.906. The maximum absolute atomic E-state index is 5.66. The minimum atomic E-state index is 0.337. The molecule has 6 heteroatoms. The number of aromatic nitrogens is 2. The van der Waals surface area contributed by atoms with Crippen molar-refractivity contribution in [2.24, 2.45) is 5.92 Å². The van der Waals surface area contributed by atoms with Gasteiger partial charge in [-0.3, -0.25) is 0 Å². The van der Waals surface area contributed by atoms with Crippen molar-refractivity contribution < 1.29 is 9.47 Å². The highest BCUT2D eigenvalue weighted by Gasteiger charge is 2.20. The van der Waals surface area contributed by atoms with Gasteiger partial charge in [-0.2, -0.15) is 0 Å². The Morgan fingerprint density at radius 3 is 3.00 bits per heavy atom. The molecule has 3 N–H and O–H groups in total. The van der Waals surface area contributed by atoms with Crippen molar-refractivity contribution in [1.29, 1.82) is 0 Å². The van der Waals surface area contributed by atoms with Crippen LogP contribution in [0.4, 0.5) is 11.6 Å². The zero-order chi connectivity index (χ0) is 12.1. The first kappa shape index (κ1) is 11.9. The largest absolute Gasteiger partial charge is 0.490 e.